The SMILES string of the molecule is [2H]c1c([2H])c([2H])c(-c2cccc3c2N(c2cc(C(C)(C)C)cc(C(C)(C)C)c2)CN3c2cccc(Oc3ccc4c5cc([Si](c6ccccc6)(c6ccccc6)c6ccccc6)ccc5n(-c5cc(C(C)(C)C)ccn5)c4c3)c2)c([2H])c1[2H]. The molecule has 386 valence electrons. The van der Waals surface area contributed by atoms with Crippen LogP contribution in [-0.2, 0) is 16.2 Å². The van der Waals surface area contributed by atoms with Crippen LogP contribution in [0.15, 0.2) is 237 Å². The molecule has 0 N–H and O–H groups in total. The van der Waals surface area contributed by atoms with E-state index in [0.717, 1.165) is 50.4 Å². The normalized spacial score (nSPS) is 14.0. The number of benzene rings is 9. The minimum Gasteiger partial charge on any atom is -0.457 e. The van der Waals surface area contributed by atoms with E-state index in [9.17, 15) is 2.74 Å². The zero-order chi connectivity index (χ0) is 58.3. The first-order valence-electron chi connectivity index (χ1n) is 29.5. The van der Waals surface area contributed by atoms with Gasteiger partial charge in [-0.3, -0.25) is 4.57 Å². The molecule has 2 aromatic heterocycles. The summed E-state index contributed by atoms with van der Waals surface area (Å²) in [6.45, 7) is 20.4. The van der Waals surface area contributed by atoms with Crippen LogP contribution in [0.2, 0.25) is 0 Å². The highest BCUT2D eigenvalue weighted by Crippen LogP contribution is 2.51. The fourth-order valence-corrected chi connectivity index (χ4v) is 16.2. The molecule has 5 nitrogen and oxygen atoms in total. The summed E-state index contributed by atoms with van der Waals surface area (Å²) < 4.78 is 53.5. The van der Waals surface area contributed by atoms with Gasteiger partial charge in [0.05, 0.1) is 29.3 Å². The Morgan fingerprint density at radius 3 is 1.68 bits per heavy atom. The van der Waals surface area contributed by atoms with E-state index in [-0.39, 0.29) is 46.0 Å². The topological polar surface area (TPSA) is 33.5 Å². The third-order valence-electron chi connectivity index (χ3n) is 15.6. The summed E-state index contributed by atoms with van der Waals surface area (Å²) in [6, 6.07) is 69.9. The molecule has 0 atom stereocenters. The Labute approximate surface area is 469 Å². The van der Waals surface area contributed by atoms with Crippen LogP contribution in [0.1, 0.15) is 85.9 Å². The number of nitrogens with zero attached hydrogens (tertiary/aromatic N) is 4. The maximum Gasteiger partial charge on any atom is 0.179 e. The van der Waals surface area contributed by atoms with Crippen LogP contribution in [0.3, 0.4) is 0 Å². The first-order chi connectivity index (χ1) is 39.6. The van der Waals surface area contributed by atoms with Crippen LogP contribution < -0.4 is 35.3 Å². The Morgan fingerprint density at radius 1 is 0.462 bits per heavy atom. The summed E-state index contributed by atoms with van der Waals surface area (Å²) >= 11 is 0. The van der Waals surface area contributed by atoms with Crippen LogP contribution in [0, 0.1) is 0 Å². The number of pyridine rings is 1. The number of hydrogen-bond donors (Lipinski definition) is 0. The average molecular weight is 1040 g/mol. The molecule has 0 bridgehead atoms. The molecule has 9 aromatic carbocycles. The minimum atomic E-state index is -2.88. The van der Waals surface area contributed by atoms with Crippen molar-refractivity contribution in [2.45, 2.75) is 78.6 Å². The van der Waals surface area contributed by atoms with Gasteiger partial charge in [0.15, 0.2) is 8.07 Å². The molecule has 12 rings (SSSR count). The van der Waals surface area contributed by atoms with E-state index in [0.29, 0.717) is 23.7 Å². The van der Waals surface area contributed by atoms with Crippen molar-refractivity contribution < 1.29 is 11.6 Å². The van der Waals surface area contributed by atoms with Crippen molar-refractivity contribution in [1.29, 1.82) is 0 Å². The molecule has 0 saturated carbocycles. The van der Waals surface area contributed by atoms with Crippen molar-refractivity contribution in [3.63, 3.8) is 0 Å². The standard InChI is InChI=1S/C72H68N4OSi/c1-70(2,3)51-40-41-73-68(45-51)76-65-39-37-61(78(58-28-16-11-17-29-58,59-30-18-12-19-31-59)60-32-20-13-21-33-60)48-64(65)63-38-36-57(47-67(63)76)77-56-27-22-26-54(46-56)74-49-75(55-43-52(71(4,5)6)42-53(44-55)72(7,8)9)69-62(34-23-35-66(69)74)50-24-14-10-15-25-50/h10-48H,49H2,1-9H3/i10D,14D,15D,24D,25D. The van der Waals surface area contributed by atoms with Gasteiger partial charge in [-0.2, -0.15) is 0 Å². The first-order valence-corrected chi connectivity index (χ1v) is 29.0. The van der Waals surface area contributed by atoms with Gasteiger partial charge in [-0.05, 0) is 120 Å². The van der Waals surface area contributed by atoms with Crippen molar-refractivity contribution in [2.75, 3.05) is 16.5 Å². The second kappa shape index (κ2) is 19.5. The molecular formula is C72H68N4OSi. The third kappa shape index (κ3) is 9.08. The van der Waals surface area contributed by atoms with E-state index in [1.54, 1.807) is 0 Å². The number of rotatable bonds is 10. The smallest absolute Gasteiger partial charge is 0.179 e. The van der Waals surface area contributed by atoms with E-state index in [4.69, 9.17) is 13.8 Å². The molecule has 11 aromatic rings. The van der Waals surface area contributed by atoms with E-state index >= 15 is 0 Å². The lowest BCUT2D eigenvalue weighted by atomic mass is 9.80. The number of ether oxygens (including phenoxy) is 1. The van der Waals surface area contributed by atoms with Crippen LogP contribution in [0.5, 0.6) is 11.5 Å². The zero-order valence-electron chi connectivity index (χ0n) is 51.0. The molecule has 0 saturated heterocycles. The number of aromatic nitrogens is 2. The predicted octanol–water partition coefficient (Wildman–Crippen LogP) is 16.2. The number of fused-ring (bicyclic) bond motifs is 4. The van der Waals surface area contributed by atoms with E-state index in [1.165, 1.54) is 37.4 Å². The van der Waals surface area contributed by atoms with Crippen LogP contribution in [0.25, 0.3) is 38.8 Å². The maximum absolute atomic E-state index is 9.17. The molecule has 0 fully saturated rings. The van der Waals surface area contributed by atoms with Gasteiger partial charge in [0.2, 0.25) is 0 Å². The molecular weight excluding hydrogens is 965 g/mol. The number of anilines is 4. The molecule has 78 heavy (non-hydrogen) atoms. The molecule has 1 aliphatic heterocycles. The summed E-state index contributed by atoms with van der Waals surface area (Å²) in [5.74, 6) is 2.12. The van der Waals surface area contributed by atoms with E-state index < -0.39 is 14.1 Å². The van der Waals surface area contributed by atoms with Crippen LogP contribution in [-0.4, -0.2) is 24.3 Å². The van der Waals surface area contributed by atoms with E-state index in [1.807, 2.05) is 36.5 Å². The Balaban J connectivity index is 1.01. The van der Waals surface area contributed by atoms with Gasteiger partial charge in [-0.15, -0.1) is 0 Å². The first kappa shape index (κ1) is 44.7. The molecule has 0 aliphatic carbocycles. The summed E-state index contributed by atoms with van der Waals surface area (Å²) in [5.41, 5.74) is 9.18. The molecule has 0 unspecified atom stereocenters. The van der Waals surface area contributed by atoms with Crippen molar-refractivity contribution in [3.05, 3.63) is 253 Å². The summed E-state index contributed by atoms with van der Waals surface area (Å²) in [6.07, 6.45) is 1.92. The maximum atomic E-state index is 9.17. The van der Waals surface area contributed by atoms with Gasteiger partial charge >= 0.3 is 0 Å². The van der Waals surface area contributed by atoms with E-state index in [2.05, 4.69) is 247 Å². The summed E-state index contributed by atoms with van der Waals surface area (Å²) in [7, 11) is -2.88. The van der Waals surface area contributed by atoms with Gasteiger partial charge in [-0.25, -0.2) is 4.98 Å². The Morgan fingerprint density at radius 2 is 1.06 bits per heavy atom. The van der Waals surface area contributed by atoms with Crippen molar-refractivity contribution >= 4 is 73.4 Å². The molecule has 0 amide bonds. The van der Waals surface area contributed by atoms with Crippen molar-refractivity contribution in [3.8, 4) is 28.4 Å². The zero-order valence-corrected chi connectivity index (χ0v) is 47.0. The average Bonchev–Trinajstić information content (AvgIpc) is 2.55. The lowest BCUT2D eigenvalue weighted by Crippen LogP contribution is -2.74. The molecule has 0 radical (unpaired) electrons. The lowest BCUT2D eigenvalue weighted by Gasteiger charge is -2.34. The van der Waals surface area contributed by atoms with Crippen LogP contribution in [0.4, 0.5) is 22.7 Å². The molecule has 0 spiro atoms. The fourth-order valence-electron chi connectivity index (χ4n) is 11.4. The Kier molecular flexibility index (Phi) is 11.2. The highest BCUT2D eigenvalue weighted by Gasteiger charge is 2.42. The largest absolute Gasteiger partial charge is 0.457 e. The van der Waals surface area contributed by atoms with Gasteiger partial charge in [0.25, 0.3) is 0 Å². The third-order valence-corrected chi connectivity index (χ3v) is 20.4. The Hall–Kier alpha value is -8.45. The Bertz CT molecular complexity index is 4140. The minimum absolute atomic E-state index is 0.116. The van der Waals surface area contributed by atoms with Crippen LogP contribution >= 0.6 is 0 Å². The number of para-hydroxylation sites is 1. The number of hydrogen-bond acceptors (Lipinski definition) is 4. The molecule has 1 aliphatic rings. The van der Waals surface area contributed by atoms with Gasteiger partial charge < -0.3 is 14.5 Å². The predicted molar refractivity (Wildman–Crippen MR) is 332 cm³/mol. The fraction of sp³-hybridized carbons (Fsp3) is 0.181. The van der Waals surface area contributed by atoms with Crippen molar-refractivity contribution in [2.24, 2.45) is 0 Å². The second-order valence-electron chi connectivity index (χ2n) is 23.8. The highest BCUT2D eigenvalue weighted by molar-refractivity contribution is 7.20. The summed E-state index contributed by atoms with van der Waals surface area (Å²) in [5, 5.41) is 7.40. The highest BCUT2D eigenvalue weighted by atomic mass is 28.3. The van der Waals surface area contributed by atoms with Gasteiger partial charge in [-0.1, -0.05) is 220 Å². The van der Waals surface area contributed by atoms with Gasteiger partial charge in [0.1, 0.15) is 24.0 Å². The lowest BCUT2D eigenvalue weighted by molar-refractivity contribution is 0.483. The quantitative estimate of drug-likeness (QED) is 0.101. The second-order valence-corrected chi connectivity index (χ2v) is 27.6. The molecule has 6 heteroatoms. The summed E-state index contributed by atoms with van der Waals surface area (Å²) in [4.78, 5) is 9.53. The van der Waals surface area contributed by atoms with Crippen molar-refractivity contribution in [1.82, 2.24) is 9.55 Å². The van der Waals surface area contributed by atoms with Gasteiger partial charge in [0, 0.05) is 46.0 Å². The monoisotopic (exact) mass is 1040 g/mol. The molecule has 3 heterocycles.